The van der Waals surface area contributed by atoms with E-state index in [1.54, 1.807) is 0 Å². The van der Waals surface area contributed by atoms with E-state index < -0.39 is 0 Å². The minimum atomic E-state index is 0.0118. The fourth-order valence-electron chi connectivity index (χ4n) is 1.94. The van der Waals surface area contributed by atoms with Crippen molar-refractivity contribution in [3.8, 4) is 0 Å². The quantitative estimate of drug-likeness (QED) is 0.530. The van der Waals surface area contributed by atoms with Crippen LogP contribution in [0, 0.1) is 0 Å². The van der Waals surface area contributed by atoms with E-state index in [0.717, 1.165) is 19.4 Å². The van der Waals surface area contributed by atoms with E-state index in [2.05, 4.69) is 5.32 Å². The van der Waals surface area contributed by atoms with Crippen LogP contribution in [-0.2, 0) is 9.59 Å². The lowest BCUT2D eigenvalue weighted by atomic mass is 10.1. The zero-order valence-electron chi connectivity index (χ0n) is 6.88. The Kier molecular flexibility index (Phi) is 1.75. The number of nitrogens with one attached hydrogen (secondary N) is 1. The molecule has 12 heavy (non-hydrogen) atoms. The molecule has 2 aliphatic heterocycles. The molecule has 1 N–H and O–H groups in total. The van der Waals surface area contributed by atoms with Gasteiger partial charge in [0.2, 0.25) is 11.8 Å². The van der Waals surface area contributed by atoms with Crippen molar-refractivity contribution < 1.29 is 9.59 Å². The Morgan fingerprint density at radius 1 is 1.42 bits per heavy atom. The standard InChI is InChI=1S/C8H12N2O2/c11-7-4-6-2-1-3-10(6)8(12)5-9-7/h6H,1-5H2,(H,9,11). The third-order valence-electron chi connectivity index (χ3n) is 2.56. The second kappa shape index (κ2) is 2.77. The summed E-state index contributed by atoms with van der Waals surface area (Å²) in [6.45, 7) is 1.02. The van der Waals surface area contributed by atoms with E-state index in [4.69, 9.17) is 0 Å². The number of hydrogen-bond acceptors (Lipinski definition) is 2. The van der Waals surface area contributed by atoms with Crippen molar-refractivity contribution >= 4 is 11.8 Å². The number of carbonyl (C=O) groups is 2. The third kappa shape index (κ3) is 1.17. The molecular weight excluding hydrogens is 156 g/mol. The Morgan fingerprint density at radius 2 is 2.25 bits per heavy atom. The highest BCUT2D eigenvalue weighted by molar-refractivity contribution is 5.88. The van der Waals surface area contributed by atoms with Gasteiger partial charge in [-0.25, -0.2) is 0 Å². The molecule has 2 saturated heterocycles. The third-order valence-corrected chi connectivity index (χ3v) is 2.56. The van der Waals surface area contributed by atoms with Gasteiger partial charge in [-0.2, -0.15) is 0 Å². The van der Waals surface area contributed by atoms with Crippen molar-refractivity contribution in [3.05, 3.63) is 0 Å². The summed E-state index contributed by atoms with van der Waals surface area (Å²) in [4.78, 5) is 24.3. The second-order valence-corrected chi connectivity index (χ2v) is 3.36. The van der Waals surface area contributed by atoms with E-state index in [0.29, 0.717) is 6.42 Å². The first-order valence-electron chi connectivity index (χ1n) is 4.33. The molecule has 2 rings (SSSR count). The highest BCUT2D eigenvalue weighted by atomic mass is 16.2. The molecule has 2 heterocycles. The van der Waals surface area contributed by atoms with Gasteiger partial charge in [0.1, 0.15) is 0 Å². The van der Waals surface area contributed by atoms with Crippen molar-refractivity contribution in [2.24, 2.45) is 0 Å². The number of amides is 2. The number of rotatable bonds is 0. The van der Waals surface area contributed by atoms with Crippen molar-refractivity contribution in [2.75, 3.05) is 13.1 Å². The van der Waals surface area contributed by atoms with E-state index >= 15 is 0 Å². The summed E-state index contributed by atoms with van der Waals surface area (Å²) < 4.78 is 0. The Labute approximate surface area is 70.9 Å². The van der Waals surface area contributed by atoms with Crippen molar-refractivity contribution in [1.82, 2.24) is 10.2 Å². The molecule has 4 nitrogen and oxygen atoms in total. The van der Waals surface area contributed by atoms with Crippen LogP contribution in [0.3, 0.4) is 0 Å². The summed E-state index contributed by atoms with van der Waals surface area (Å²) >= 11 is 0. The molecule has 66 valence electrons. The minimum Gasteiger partial charge on any atom is -0.347 e. The fourth-order valence-corrected chi connectivity index (χ4v) is 1.94. The molecule has 0 radical (unpaired) electrons. The maximum atomic E-state index is 11.4. The van der Waals surface area contributed by atoms with Gasteiger partial charge in [-0.3, -0.25) is 9.59 Å². The summed E-state index contributed by atoms with van der Waals surface area (Å²) in [6.07, 6.45) is 2.52. The fraction of sp³-hybridized carbons (Fsp3) is 0.750. The molecule has 0 aromatic rings. The van der Waals surface area contributed by atoms with Crippen LogP contribution >= 0.6 is 0 Å². The second-order valence-electron chi connectivity index (χ2n) is 3.36. The van der Waals surface area contributed by atoms with E-state index in [1.165, 1.54) is 0 Å². The van der Waals surface area contributed by atoms with Gasteiger partial charge in [0.25, 0.3) is 0 Å². The van der Waals surface area contributed by atoms with Crippen LogP contribution in [0.4, 0.5) is 0 Å². The molecule has 0 spiro atoms. The van der Waals surface area contributed by atoms with Gasteiger partial charge in [-0.05, 0) is 12.8 Å². The lowest BCUT2D eigenvalue weighted by Gasteiger charge is -2.19. The molecule has 1 atom stereocenters. The molecule has 2 amide bonds. The van der Waals surface area contributed by atoms with Crippen LogP contribution in [0.15, 0.2) is 0 Å². The molecular formula is C8H12N2O2. The molecule has 0 aliphatic carbocycles. The molecule has 0 saturated carbocycles. The normalized spacial score (nSPS) is 29.7. The molecule has 0 bridgehead atoms. The molecule has 0 aromatic heterocycles. The Bertz CT molecular complexity index is 227. The summed E-state index contributed by atoms with van der Waals surface area (Å²) in [5.41, 5.74) is 0. The number of hydrogen-bond donors (Lipinski definition) is 1. The number of fused-ring (bicyclic) bond motifs is 1. The smallest absolute Gasteiger partial charge is 0.242 e. The molecule has 0 aromatic carbocycles. The first kappa shape index (κ1) is 7.58. The summed E-state index contributed by atoms with van der Waals surface area (Å²) in [7, 11) is 0. The largest absolute Gasteiger partial charge is 0.347 e. The first-order chi connectivity index (χ1) is 5.77. The van der Waals surface area contributed by atoms with Crippen LogP contribution in [0.2, 0.25) is 0 Å². The zero-order valence-corrected chi connectivity index (χ0v) is 6.88. The highest BCUT2D eigenvalue weighted by Gasteiger charge is 2.32. The highest BCUT2D eigenvalue weighted by Crippen LogP contribution is 2.21. The van der Waals surface area contributed by atoms with Crippen LogP contribution < -0.4 is 5.32 Å². The van der Waals surface area contributed by atoms with E-state index in [9.17, 15) is 9.59 Å². The Morgan fingerprint density at radius 3 is 3.08 bits per heavy atom. The average Bonchev–Trinajstić information content (AvgIpc) is 2.44. The van der Waals surface area contributed by atoms with E-state index in [1.807, 2.05) is 4.90 Å². The van der Waals surface area contributed by atoms with Gasteiger partial charge >= 0.3 is 0 Å². The predicted molar refractivity (Wildman–Crippen MR) is 42.4 cm³/mol. The SMILES string of the molecule is O=C1CC2CCCN2C(=O)CN1. The van der Waals surface area contributed by atoms with Gasteiger partial charge < -0.3 is 10.2 Å². The summed E-state index contributed by atoms with van der Waals surface area (Å²) in [6, 6.07) is 0.181. The Balaban J connectivity index is 2.15. The van der Waals surface area contributed by atoms with Gasteiger partial charge in [0.05, 0.1) is 6.54 Å². The van der Waals surface area contributed by atoms with Crippen LogP contribution in [-0.4, -0.2) is 35.8 Å². The zero-order chi connectivity index (χ0) is 8.55. The van der Waals surface area contributed by atoms with Gasteiger partial charge in [-0.1, -0.05) is 0 Å². The number of carbonyl (C=O) groups excluding carboxylic acids is 2. The molecule has 4 heteroatoms. The van der Waals surface area contributed by atoms with E-state index in [-0.39, 0.29) is 24.4 Å². The average molecular weight is 168 g/mol. The molecule has 2 fully saturated rings. The molecule has 2 aliphatic rings. The van der Waals surface area contributed by atoms with Crippen LogP contribution in [0.1, 0.15) is 19.3 Å². The monoisotopic (exact) mass is 168 g/mol. The van der Waals surface area contributed by atoms with Crippen molar-refractivity contribution in [2.45, 2.75) is 25.3 Å². The number of nitrogens with zero attached hydrogens (tertiary/aromatic N) is 1. The lowest BCUT2D eigenvalue weighted by molar-refractivity contribution is -0.130. The van der Waals surface area contributed by atoms with Gasteiger partial charge in [-0.15, -0.1) is 0 Å². The van der Waals surface area contributed by atoms with Crippen molar-refractivity contribution in [1.29, 1.82) is 0 Å². The van der Waals surface area contributed by atoms with Crippen LogP contribution in [0.25, 0.3) is 0 Å². The topological polar surface area (TPSA) is 49.4 Å². The van der Waals surface area contributed by atoms with Crippen LogP contribution in [0.5, 0.6) is 0 Å². The lowest BCUT2D eigenvalue weighted by Crippen LogP contribution is -2.36. The summed E-state index contributed by atoms with van der Waals surface area (Å²) in [5, 5.41) is 2.59. The Hall–Kier alpha value is -1.06. The maximum Gasteiger partial charge on any atom is 0.242 e. The minimum absolute atomic E-state index is 0.0118. The van der Waals surface area contributed by atoms with Gasteiger partial charge in [0, 0.05) is 19.0 Å². The predicted octanol–water partition coefficient (Wildman–Crippen LogP) is -0.503. The van der Waals surface area contributed by atoms with Gasteiger partial charge in [0.15, 0.2) is 0 Å². The van der Waals surface area contributed by atoms with Crippen molar-refractivity contribution in [3.63, 3.8) is 0 Å². The maximum absolute atomic E-state index is 11.4. The summed E-state index contributed by atoms with van der Waals surface area (Å²) in [5.74, 6) is 0.0844. The molecule has 1 unspecified atom stereocenters. The first-order valence-corrected chi connectivity index (χ1v) is 4.33.